The van der Waals surface area contributed by atoms with Crippen molar-refractivity contribution in [1.82, 2.24) is 0 Å². The van der Waals surface area contributed by atoms with Crippen LogP contribution in [0.15, 0.2) is 18.2 Å². The molecule has 1 aliphatic rings. The molecule has 1 aliphatic carbocycles. The number of nitro groups is 1. The van der Waals surface area contributed by atoms with Crippen LogP contribution >= 0.6 is 0 Å². The Morgan fingerprint density at radius 2 is 1.95 bits per heavy atom. The molecule has 6 nitrogen and oxygen atoms in total. The predicted octanol–water partition coefficient (Wildman–Crippen LogP) is 3.29. The summed E-state index contributed by atoms with van der Waals surface area (Å²) >= 11 is 0. The smallest absolute Gasteiger partial charge is 0.273 e. The fraction of sp³-hybridized carbons (Fsp3) is 0.600. The highest BCUT2D eigenvalue weighted by Gasteiger charge is 2.29. The molecule has 0 bridgehead atoms. The first-order chi connectivity index (χ1) is 9.82. The van der Waals surface area contributed by atoms with Crippen LogP contribution in [0.25, 0.3) is 0 Å². The van der Waals surface area contributed by atoms with E-state index in [0.717, 1.165) is 18.5 Å². The number of nitro benzene ring substituents is 1. The van der Waals surface area contributed by atoms with Gasteiger partial charge in [-0.25, -0.2) is 0 Å². The molecule has 0 aliphatic heterocycles. The van der Waals surface area contributed by atoms with Gasteiger partial charge in [0, 0.05) is 30.9 Å². The van der Waals surface area contributed by atoms with Gasteiger partial charge >= 0.3 is 0 Å². The van der Waals surface area contributed by atoms with E-state index in [2.05, 4.69) is 24.2 Å². The SMILES string of the molecule is CN(c1cc(NN)cc([N+](=O)[O-])c1)C1CCC(C)(C)CC1. The van der Waals surface area contributed by atoms with Crippen molar-refractivity contribution in [2.75, 3.05) is 17.4 Å². The molecule has 1 aromatic rings. The Morgan fingerprint density at radius 3 is 2.48 bits per heavy atom. The molecular weight excluding hydrogens is 268 g/mol. The fourth-order valence-corrected chi connectivity index (χ4v) is 2.97. The normalized spacial score (nSPS) is 18.3. The number of hydrazine groups is 1. The molecule has 0 spiro atoms. The molecule has 0 aromatic heterocycles. The van der Waals surface area contributed by atoms with E-state index >= 15 is 0 Å². The van der Waals surface area contributed by atoms with Crippen LogP contribution in [-0.2, 0) is 0 Å². The summed E-state index contributed by atoms with van der Waals surface area (Å²) in [6.45, 7) is 4.60. The van der Waals surface area contributed by atoms with Crippen molar-refractivity contribution in [2.45, 2.75) is 45.6 Å². The minimum absolute atomic E-state index is 0.0587. The molecule has 0 unspecified atom stereocenters. The van der Waals surface area contributed by atoms with Gasteiger partial charge in [-0.3, -0.25) is 16.0 Å². The molecule has 2 rings (SSSR count). The number of anilines is 2. The third kappa shape index (κ3) is 3.64. The standard InChI is InChI=1S/C15H24N4O2/c1-15(2)6-4-12(5-7-15)18(3)13-8-11(17-16)9-14(10-13)19(20)21/h8-10,12,17H,4-7,16H2,1-3H3. The summed E-state index contributed by atoms with van der Waals surface area (Å²) in [7, 11) is 2.00. The van der Waals surface area contributed by atoms with E-state index in [0.29, 0.717) is 17.1 Å². The van der Waals surface area contributed by atoms with Gasteiger partial charge in [-0.05, 0) is 37.2 Å². The van der Waals surface area contributed by atoms with Crippen molar-refractivity contribution >= 4 is 17.1 Å². The van der Waals surface area contributed by atoms with Gasteiger partial charge < -0.3 is 10.3 Å². The Hall–Kier alpha value is -1.82. The number of hydrogen-bond donors (Lipinski definition) is 2. The Morgan fingerprint density at radius 1 is 1.33 bits per heavy atom. The molecule has 1 saturated carbocycles. The number of nitrogens with two attached hydrogens (primary N) is 1. The van der Waals surface area contributed by atoms with Crippen LogP contribution in [-0.4, -0.2) is 18.0 Å². The van der Waals surface area contributed by atoms with Gasteiger partial charge in [0.1, 0.15) is 0 Å². The number of hydrogen-bond acceptors (Lipinski definition) is 5. The molecule has 1 fully saturated rings. The zero-order valence-electron chi connectivity index (χ0n) is 12.9. The average Bonchev–Trinajstić information content (AvgIpc) is 2.46. The molecular formula is C15H24N4O2. The number of rotatable bonds is 4. The van der Waals surface area contributed by atoms with Gasteiger partial charge in [0.15, 0.2) is 0 Å². The molecule has 6 heteroatoms. The van der Waals surface area contributed by atoms with Crippen molar-refractivity contribution in [3.63, 3.8) is 0 Å². The second-order valence-electron chi connectivity index (χ2n) is 6.65. The first kappa shape index (κ1) is 15.6. The van der Waals surface area contributed by atoms with Crippen LogP contribution in [0, 0.1) is 15.5 Å². The maximum Gasteiger partial charge on any atom is 0.273 e. The van der Waals surface area contributed by atoms with Crippen LogP contribution in [0.3, 0.4) is 0 Å². The minimum atomic E-state index is -0.387. The largest absolute Gasteiger partial charge is 0.371 e. The van der Waals surface area contributed by atoms with E-state index in [1.54, 1.807) is 6.07 Å². The van der Waals surface area contributed by atoms with Crippen LogP contribution in [0.2, 0.25) is 0 Å². The van der Waals surface area contributed by atoms with Crippen LogP contribution in [0.5, 0.6) is 0 Å². The van der Waals surface area contributed by atoms with E-state index < -0.39 is 0 Å². The average molecular weight is 292 g/mol. The first-order valence-electron chi connectivity index (χ1n) is 7.31. The van der Waals surface area contributed by atoms with Crippen molar-refractivity contribution in [3.05, 3.63) is 28.3 Å². The summed E-state index contributed by atoms with van der Waals surface area (Å²) in [6, 6.07) is 5.33. The Balaban J connectivity index is 2.20. The molecule has 0 amide bonds. The highest BCUT2D eigenvalue weighted by molar-refractivity contribution is 5.64. The third-order valence-electron chi connectivity index (χ3n) is 4.54. The summed E-state index contributed by atoms with van der Waals surface area (Å²) in [4.78, 5) is 12.8. The summed E-state index contributed by atoms with van der Waals surface area (Å²) in [6.07, 6.45) is 4.58. The Kier molecular flexibility index (Phi) is 4.37. The maximum absolute atomic E-state index is 11.0. The Labute approximate surface area is 125 Å². The molecule has 116 valence electrons. The lowest BCUT2D eigenvalue weighted by Crippen LogP contribution is -2.37. The molecule has 21 heavy (non-hydrogen) atoms. The third-order valence-corrected chi connectivity index (χ3v) is 4.54. The highest BCUT2D eigenvalue weighted by atomic mass is 16.6. The van der Waals surface area contributed by atoms with Crippen LogP contribution < -0.4 is 16.2 Å². The van der Waals surface area contributed by atoms with Gasteiger partial charge in [0.05, 0.1) is 10.6 Å². The molecule has 0 radical (unpaired) electrons. The quantitative estimate of drug-likeness (QED) is 0.505. The summed E-state index contributed by atoms with van der Waals surface area (Å²) in [5.41, 5.74) is 4.36. The zero-order valence-corrected chi connectivity index (χ0v) is 12.9. The van der Waals surface area contributed by atoms with E-state index in [1.807, 2.05) is 13.1 Å². The zero-order chi connectivity index (χ0) is 15.6. The molecule has 3 N–H and O–H groups in total. The monoisotopic (exact) mass is 292 g/mol. The summed E-state index contributed by atoms with van der Waals surface area (Å²) < 4.78 is 0. The summed E-state index contributed by atoms with van der Waals surface area (Å²) in [5.74, 6) is 5.41. The van der Waals surface area contributed by atoms with Crippen molar-refractivity contribution in [1.29, 1.82) is 0 Å². The van der Waals surface area contributed by atoms with Crippen molar-refractivity contribution < 1.29 is 4.92 Å². The second kappa shape index (κ2) is 5.89. The lowest BCUT2D eigenvalue weighted by molar-refractivity contribution is -0.384. The minimum Gasteiger partial charge on any atom is -0.371 e. The number of nitrogens with one attached hydrogen (secondary N) is 1. The molecule has 1 aromatic carbocycles. The molecule has 0 atom stereocenters. The van der Waals surface area contributed by atoms with E-state index in [1.165, 1.54) is 18.9 Å². The topological polar surface area (TPSA) is 84.4 Å². The maximum atomic E-state index is 11.0. The number of nitrogens with zero attached hydrogens (tertiary/aromatic N) is 2. The van der Waals surface area contributed by atoms with E-state index in [-0.39, 0.29) is 10.6 Å². The number of nitrogen functional groups attached to an aromatic ring is 1. The van der Waals surface area contributed by atoms with Gasteiger partial charge in [-0.15, -0.1) is 0 Å². The first-order valence-corrected chi connectivity index (χ1v) is 7.31. The lowest BCUT2D eigenvalue weighted by Gasteiger charge is -2.39. The van der Waals surface area contributed by atoms with Crippen molar-refractivity contribution in [2.24, 2.45) is 11.3 Å². The van der Waals surface area contributed by atoms with Gasteiger partial charge in [-0.1, -0.05) is 13.8 Å². The predicted molar refractivity (Wildman–Crippen MR) is 85.3 cm³/mol. The van der Waals surface area contributed by atoms with Crippen LogP contribution in [0.4, 0.5) is 17.1 Å². The van der Waals surface area contributed by atoms with E-state index in [4.69, 9.17) is 5.84 Å². The van der Waals surface area contributed by atoms with E-state index in [9.17, 15) is 10.1 Å². The molecule has 0 heterocycles. The summed E-state index contributed by atoms with van der Waals surface area (Å²) in [5, 5.41) is 11.0. The van der Waals surface area contributed by atoms with Gasteiger partial charge in [0.25, 0.3) is 5.69 Å². The number of benzene rings is 1. The fourth-order valence-electron chi connectivity index (χ4n) is 2.97. The van der Waals surface area contributed by atoms with Gasteiger partial charge in [-0.2, -0.15) is 0 Å². The molecule has 0 saturated heterocycles. The highest BCUT2D eigenvalue weighted by Crippen LogP contribution is 2.38. The second-order valence-corrected chi connectivity index (χ2v) is 6.65. The number of non-ortho nitro benzene ring substituents is 1. The van der Waals surface area contributed by atoms with Crippen LogP contribution in [0.1, 0.15) is 39.5 Å². The lowest BCUT2D eigenvalue weighted by atomic mass is 9.75. The van der Waals surface area contributed by atoms with Gasteiger partial charge in [0.2, 0.25) is 0 Å². The van der Waals surface area contributed by atoms with Crippen molar-refractivity contribution in [3.8, 4) is 0 Å². The Bertz CT molecular complexity index is 520.